The third kappa shape index (κ3) is 3.24. The Hall–Kier alpha value is -2.27. The van der Waals surface area contributed by atoms with Gasteiger partial charge in [0.05, 0.1) is 6.04 Å². The topological polar surface area (TPSA) is 23.6 Å². The van der Waals surface area contributed by atoms with Crippen molar-refractivity contribution in [3.05, 3.63) is 71.3 Å². The molecule has 3 nitrogen and oxygen atoms in total. The van der Waals surface area contributed by atoms with E-state index in [9.17, 15) is 13.6 Å². The van der Waals surface area contributed by atoms with Gasteiger partial charge in [-0.25, -0.2) is 8.78 Å². The maximum absolute atomic E-state index is 13.4. The third-order valence-electron chi connectivity index (χ3n) is 4.20. The molecule has 0 N–H and O–H groups in total. The molecule has 0 spiro atoms. The molecule has 0 aliphatic carbocycles. The lowest BCUT2D eigenvalue weighted by atomic mass is 10.0. The molecule has 23 heavy (non-hydrogen) atoms. The van der Waals surface area contributed by atoms with Crippen molar-refractivity contribution >= 4 is 5.91 Å². The van der Waals surface area contributed by atoms with Gasteiger partial charge in [0.15, 0.2) is 11.6 Å². The van der Waals surface area contributed by atoms with Crippen LogP contribution in [0.2, 0.25) is 0 Å². The van der Waals surface area contributed by atoms with E-state index in [0.717, 1.165) is 24.2 Å². The number of halogens is 2. The monoisotopic (exact) mass is 316 g/mol. The molecule has 1 atom stereocenters. The first kappa shape index (κ1) is 15.6. The van der Waals surface area contributed by atoms with Crippen molar-refractivity contribution in [2.45, 2.75) is 6.04 Å². The van der Waals surface area contributed by atoms with Crippen molar-refractivity contribution < 1.29 is 13.6 Å². The molecule has 1 amide bonds. The third-order valence-corrected chi connectivity index (χ3v) is 4.20. The Kier molecular flexibility index (Phi) is 4.39. The Morgan fingerprint density at radius 3 is 2.48 bits per heavy atom. The fraction of sp³-hybridized carbons (Fsp3) is 0.278. The van der Waals surface area contributed by atoms with Crippen molar-refractivity contribution in [1.82, 2.24) is 9.80 Å². The van der Waals surface area contributed by atoms with Crippen LogP contribution in [0.4, 0.5) is 8.78 Å². The van der Waals surface area contributed by atoms with Gasteiger partial charge in [-0.3, -0.25) is 4.79 Å². The van der Waals surface area contributed by atoms with Crippen molar-refractivity contribution in [2.24, 2.45) is 0 Å². The maximum Gasteiger partial charge on any atom is 0.254 e. The molecule has 5 heteroatoms. The lowest BCUT2D eigenvalue weighted by Crippen LogP contribution is -2.49. The van der Waals surface area contributed by atoms with Crippen LogP contribution in [0.25, 0.3) is 0 Å². The molecule has 0 saturated carbocycles. The minimum Gasteiger partial charge on any atom is -0.329 e. The van der Waals surface area contributed by atoms with Crippen LogP contribution < -0.4 is 0 Å². The van der Waals surface area contributed by atoms with E-state index in [4.69, 9.17) is 0 Å². The maximum atomic E-state index is 13.4. The first-order chi connectivity index (χ1) is 11.1. The van der Waals surface area contributed by atoms with Gasteiger partial charge in [-0.1, -0.05) is 30.3 Å². The van der Waals surface area contributed by atoms with Crippen LogP contribution in [0.5, 0.6) is 0 Å². The van der Waals surface area contributed by atoms with Gasteiger partial charge in [-0.15, -0.1) is 0 Å². The number of hydrogen-bond donors (Lipinski definition) is 0. The average molecular weight is 316 g/mol. The van der Waals surface area contributed by atoms with Gasteiger partial charge < -0.3 is 9.80 Å². The summed E-state index contributed by atoms with van der Waals surface area (Å²) < 4.78 is 26.5. The molecule has 1 aliphatic rings. The molecule has 1 unspecified atom stereocenters. The molecule has 0 aromatic heterocycles. The first-order valence-electron chi connectivity index (χ1n) is 7.56. The van der Waals surface area contributed by atoms with Gasteiger partial charge in [0.2, 0.25) is 0 Å². The highest BCUT2D eigenvalue weighted by Crippen LogP contribution is 2.26. The summed E-state index contributed by atoms with van der Waals surface area (Å²) in [6.45, 7) is 2.01. The van der Waals surface area contributed by atoms with Crippen LogP contribution in [-0.4, -0.2) is 42.4 Å². The summed E-state index contributed by atoms with van der Waals surface area (Å²) in [7, 11) is 2.01. The quantitative estimate of drug-likeness (QED) is 0.850. The van der Waals surface area contributed by atoms with Gasteiger partial charge in [0, 0.05) is 25.2 Å². The van der Waals surface area contributed by atoms with Crippen LogP contribution >= 0.6 is 0 Å². The molecule has 120 valence electrons. The number of likely N-dealkylation sites (N-methyl/N-ethyl adjacent to an activating group) is 1. The summed E-state index contributed by atoms with van der Waals surface area (Å²) in [5.74, 6) is -2.22. The fourth-order valence-electron chi connectivity index (χ4n) is 2.92. The molecule has 1 saturated heterocycles. The fourth-order valence-corrected chi connectivity index (χ4v) is 2.92. The molecule has 3 rings (SSSR count). The Bertz CT molecular complexity index is 705. The second-order valence-corrected chi connectivity index (χ2v) is 5.82. The molecule has 1 heterocycles. The Morgan fingerprint density at radius 1 is 1.04 bits per heavy atom. The van der Waals surface area contributed by atoms with Gasteiger partial charge in [0.1, 0.15) is 0 Å². The summed E-state index contributed by atoms with van der Waals surface area (Å²) in [5, 5.41) is 0. The van der Waals surface area contributed by atoms with E-state index >= 15 is 0 Å². The first-order valence-corrected chi connectivity index (χ1v) is 7.56. The number of piperazine rings is 1. The molecule has 2 aromatic rings. The van der Waals surface area contributed by atoms with E-state index < -0.39 is 11.6 Å². The van der Waals surface area contributed by atoms with E-state index in [1.807, 2.05) is 37.4 Å². The zero-order chi connectivity index (χ0) is 16.4. The normalized spacial score (nSPS) is 18.9. The summed E-state index contributed by atoms with van der Waals surface area (Å²) in [6, 6.07) is 13.0. The predicted octanol–water partition coefficient (Wildman–Crippen LogP) is 3.09. The number of carbonyl (C=O) groups is 1. The van der Waals surface area contributed by atoms with E-state index in [1.54, 1.807) is 4.90 Å². The molecule has 0 bridgehead atoms. The number of hydrogen-bond acceptors (Lipinski definition) is 2. The van der Waals surface area contributed by atoms with E-state index in [2.05, 4.69) is 4.90 Å². The molecule has 2 aromatic carbocycles. The van der Waals surface area contributed by atoms with Crippen molar-refractivity contribution in [2.75, 3.05) is 26.7 Å². The summed E-state index contributed by atoms with van der Waals surface area (Å²) >= 11 is 0. The second kappa shape index (κ2) is 6.46. The Balaban J connectivity index is 1.91. The highest BCUT2D eigenvalue weighted by molar-refractivity contribution is 5.94. The van der Waals surface area contributed by atoms with Crippen LogP contribution in [0.3, 0.4) is 0 Å². The predicted molar refractivity (Wildman–Crippen MR) is 84.1 cm³/mol. The van der Waals surface area contributed by atoms with Crippen molar-refractivity contribution in [3.8, 4) is 0 Å². The standard InChI is InChI=1S/C18H18F2N2O/c1-21-9-10-22(17(12-21)13-5-3-2-4-6-13)18(23)14-7-8-15(19)16(20)11-14/h2-8,11,17H,9-10,12H2,1H3. The van der Waals surface area contributed by atoms with E-state index in [-0.39, 0.29) is 17.5 Å². The van der Waals surface area contributed by atoms with Crippen LogP contribution in [-0.2, 0) is 0 Å². The summed E-state index contributed by atoms with van der Waals surface area (Å²) in [4.78, 5) is 16.7. The molecule has 1 aliphatic heterocycles. The average Bonchev–Trinajstić information content (AvgIpc) is 2.57. The van der Waals surface area contributed by atoms with E-state index in [1.165, 1.54) is 6.07 Å². The highest BCUT2D eigenvalue weighted by Gasteiger charge is 2.31. The SMILES string of the molecule is CN1CCN(C(=O)c2ccc(F)c(F)c2)C(c2ccccc2)C1. The van der Waals surface area contributed by atoms with Crippen LogP contribution in [0.1, 0.15) is 22.0 Å². The highest BCUT2D eigenvalue weighted by atomic mass is 19.2. The lowest BCUT2D eigenvalue weighted by molar-refractivity contribution is 0.0497. The number of carbonyl (C=O) groups excluding carboxylic acids is 1. The molecule has 0 radical (unpaired) electrons. The summed E-state index contributed by atoms with van der Waals surface area (Å²) in [6.07, 6.45) is 0. The minimum atomic E-state index is -0.999. The zero-order valence-corrected chi connectivity index (χ0v) is 12.9. The second-order valence-electron chi connectivity index (χ2n) is 5.82. The van der Waals surface area contributed by atoms with Gasteiger partial charge >= 0.3 is 0 Å². The number of benzene rings is 2. The largest absolute Gasteiger partial charge is 0.329 e. The van der Waals surface area contributed by atoms with Gasteiger partial charge in [0.25, 0.3) is 5.91 Å². The Morgan fingerprint density at radius 2 is 1.78 bits per heavy atom. The minimum absolute atomic E-state index is 0.101. The molecular formula is C18H18F2N2O. The van der Waals surface area contributed by atoms with Crippen LogP contribution in [0.15, 0.2) is 48.5 Å². The zero-order valence-electron chi connectivity index (χ0n) is 12.9. The van der Waals surface area contributed by atoms with Gasteiger partial charge in [-0.2, -0.15) is 0 Å². The Labute approximate surface area is 134 Å². The summed E-state index contributed by atoms with van der Waals surface area (Å²) in [5.41, 5.74) is 1.21. The van der Waals surface area contributed by atoms with Crippen molar-refractivity contribution in [3.63, 3.8) is 0 Å². The number of nitrogens with zero attached hydrogens (tertiary/aromatic N) is 2. The van der Waals surface area contributed by atoms with E-state index in [0.29, 0.717) is 13.1 Å². The lowest BCUT2D eigenvalue weighted by Gasteiger charge is -2.40. The van der Waals surface area contributed by atoms with Gasteiger partial charge in [-0.05, 0) is 30.8 Å². The number of rotatable bonds is 2. The smallest absolute Gasteiger partial charge is 0.254 e. The van der Waals surface area contributed by atoms with Crippen molar-refractivity contribution in [1.29, 1.82) is 0 Å². The number of amides is 1. The molecule has 1 fully saturated rings. The van der Waals surface area contributed by atoms with Crippen LogP contribution in [0, 0.1) is 11.6 Å². The molecular weight excluding hydrogens is 298 g/mol.